The number of hydrogen-bond donors (Lipinski definition) is 1. The Kier molecular flexibility index (Phi) is 6.04. The third kappa shape index (κ3) is 4.70. The van der Waals surface area contributed by atoms with Crippen LogP contribution in [0.25, 0.3) is 0 Å². The molecule has 2 aromatic rings. The molecule has 1 aromatic heterocycles. The van der Waals surface area contributed by atoms with E-state index in [2.05, 4.69) is 15.5 Å². The first-order chi connectivity index (χ1) is 10.1. The summed E-state index contributed by atoms with van der Waals surface area (Å²) in [6.07, 6.45) is 0. The number of hydrogen-bond acceptors (Lipinski definition) is 6. The van der Waals surface area contributed by atoms with Crippen LogP contribution in [0, 0.1) is 18.6 Å². The Hall–Kier alpha value is -1.09. The highest BCUT2D eigenvalue weighted by Gasteiger charge is 2.15. The van der Waals surface area contributed by atoms with Crippen molar-refractivity contribution in [1.82, 2.24) is 15.5 Å². The topological polar surface area (TPSA) is 47.0 Å². The van der Waals surface area contributed by atoms with Crippen molar-refractivity contribution in [1.29, 1.82) is 0 Å². The molecule has 1 aromatic carbocycles. The minimum Gasteiger partial charge on any atom is -0.383 e. The van der Waals surface area contributed by atoms with Gasteiger partial charge in [-0.15, -0.1) is 10.2 Å². The van der Waals surface area contributed by atoms with Crippen molar-refractivity contribution in [3.63, 3.8) is 0 Å². The largest absolute Gasteiger partial charge is 0.383 e. The maximum atomic E-state index is 14.0. The summed E-state index contributed by atoms with van der Waals surface area (Å²) in [4.78, 5) is -0.0493. The number of halogens is 2. The second kappa shape index (κ2) is 7.79. The summed E-state index contributed by atoms with van der Waals surface area (Å²) >= 11 is 2.26. The first-order valence-electron chi connectivity index (χ1n) is 6.25. The third-order valence-corrected chi connectivity index (χ3v) is 4.55. The summed E-state index contributed by atoms with van der Waals surface area (Å²) in [5, 5.41) is 11.5. The van der Waals surface area contributed by atoms with E-state index in [-0.39, 0.29) is 4.90 Å². The zero-order chi connectivity index (χ0) is 15.2. The maximum Gasteiger partial charge on any atom is 0.179 e. The molecule has 2 rings (SSSR count). The molecule has 0 radical (unpaired) electrons. The number of methoxy groups -OCH3 is 1. The van der Waals surface area contributed by atoms with Crippen LogP contribution in [0.3, 0.4) is 0 Å². The molecule has 21 heavy (non-hydrogen) atoms. The summed E-state index contributed by atoms with van der Waals surface area (Å²) in [7, 11) is 1.60. The lowest BCUT2D eigenvalue weighted by molar-refractivity contribution is 0.199. The minimum absolute atomic E-state index is 0.0493. The van der Waals surface area contributed by atoms with Crippen LogP contribution in [0.4, 0.5) is 8.78 Å². The van der Waals surface area contributed by atoms with Crippen LogP contribution >= 0.6 is 23.1 Å². The van der Waals surface area contributed by atoms with Crippen LogP contribution in [-0.4, -0.2) is 30.5 Å². The third-order valence-electron chi connectivity index (χ3n) is 2.57. The van der Waals surface area contributed by atoms with Gasteiger partial charge in [0.15, 0.2) is 4.34 Å². The molecule has 0 amide bonds. The van der Waals surface area contributed by atoms with Crippen molar-refractivity contribution in [3.05, 3.63) is 34.3 Å². The monoisotopic (exact) mass is 331 g/mol. The first-order valence-corrected chi connectivity index (χ1v) is 7.89. The number of benzene rings is 1. The SMILES string of the molecule is COCCNCc1cc(F)c(Sc2nnc(C)s2)c(F)c1. The zero-order valence-electron chi connectivity index (χ0n) is 11.7. The van der Waals surface area contributed by atoms with Gasteiger partial charge in [-0.05, 0) is 24.6 Å². The molecule has 0 saturated heterocycles. The van der Waals surface area contributed by atoms with Gasteiger partial charge in [0.25, 0.3) is 0 Å². The Bertz CT molecular complexity index is 584. The molecule has 0 bridgehead atoms. The summed E-state index contributed by atoms with van der Waals surface area (Å²) in [5.41, 5.74) is 0.555. The van der Waals surface area contributed by atoms with Crippen LogP contribution in [-0.2, 0) is 11.3 Å². The molecule has 4 nitrogen and oxygen atoms in total. The fourth-order valence-corrected chi connectivity index (χ4v) is 3.39. The molecule has 1 N–H and O–H groups in total. The number of aryl methyl sites for hydroxylation is 1. The molecule has 0 aliphatic carbocycles. The average molecular weight is 331 g/mol. The summed E-state index contributed by atoms with van der Waals surface area (Å²) in [6, 6.07) is 2.66. The normalized spacial score (nSPS) is 11.0. The van der Waals surface area contributed by atoms with Crippen molar-refractivity contribution >= 4 is 23.1 Å². The molecule has 114 valence electrons. The van der Waals surface area contributed by atoms with Gasteiger partial charge in [0, 0.05) is 20.2 Å². The average Bonchev–Trinajstić information content (AvgIpc) is 2.85. The molecule has 0 saturated carbocycles. The molecule has 0 unspecified atom stereocenters. The van der Waals surface area contributed by atoms with E-state index in [0.29, 0.717) is 29.6 Å². The van der Waals surface area contributed by atoms with Crippen LogP contribution in [0.15, 0.2) is 21.4 Å². The molecule has 0 fully saturated rings. The standard InChI is InChI=1S/C13H15F2N3OS2/c1-8-17-18-13(20-8)21-12-10(14)5-9(6-11(12)15)7-16-3-4-19-2/h5-6,16H,3-4,7H2,1-2H3. The van der Waals surface area contributed by atoms with Crippen LogP contribution in [0.5, 0.6) is 0 Å². The number of nitrogens with one attached hydrogen (secondary N) is 1. The highest BCUT2D eigenvalue weighted by atomic mass is 32.2. The fraction of sp³-hybridized carbons (Fsp3) is 0.385. The fourth-order valence-electron chi connectivity index (χ4n) is 1.63. The smallest absolute Gasteiger partial charge is 0.179 e. The van der Waals surface area contributed by atoms with Gasteiger partial charge in [0.2, 0.25) is 0 Å². The lowest BCUT2D eigenvalue weighted by Crippen LogP contribution is -2.18. The van der Waals surface area contributed by atoms with Crippen LogP contribution in [0.1, 0.15) is 10.6 Å². The molecule has 8 heteroatoms. The van der Waals surface area contributed by atoms with E-state index in [0.717, 1.165) is 16.8 Å². The van der Waals surface area contributed by atoms with Crippen molar-refractivity contribution in [3.8, 4) is 0 Å². The van der Waals surface area contributed by atoms with Gasteiger partial charge < -0.3 is 10.1 Å². The highest BCUT2D eigenvalue weighted by Crippen LogP contribution is 2.34. The van der Waals surface area contributed by atoms with E-state index in [1.54, 1.807) is 14.0 Å². The Labute approximate surface area is 129 Å². The van der Waals surface area contributed by atoms with E-state index in [4.69, 9.17) is 4.74 Å². The van der Waals surface area contributed by atoms with Crippen molar-refractivity contribution in [2.45, 2.75) is 22.7 Å². The Morgan fingerprint density at radius 3 is 2.57 bits per heavy atom. The molecule has 0 aliphatic heterocycles. The summed E-state index contributed by atoms with van der Waals surface area (Å²) in [5.74, 6) is -1.17. The van der Waals surface area contributed by atoms with Gasteiger partial charge in [0.1, 0.15) is 16.6 Å². The van der Waals surface area contributed by atoms with Gasteiger partial charge in [-0.1, -0.05) is 23.1 Å². The van der Waals surface area contributed by atoms with Crippen LogP contribution in [0.2, 0.25) is 0 Å². The Morgan fingerprint density at radius 2 is 2.00 bits per heavy atom. The Balaban J connectivity index is 2.06. The summed E-state index contributed by atoms with van der Waals surface area (Å²) < 4.78 is 33.5. The number of rotatable bonds is 7. The van der Waals surface area contributed by atoms with E-state index < -0.39 is 11.6 Å². The van der Waals surface area contributed by atoms with Crippen molar-refractivity contribution < 1.29 is 13.5 Å². The van der Waals surface area contributed by atoms with Crippen LogP contribution < -0.4 is 5.32 Å². The van der Waals surface area contributed by atoms with Gasteiger partial charge in [0.05, 0.1) is 11.5 Å². The molecule has 0 aliphatic rings. The molecule has 0 spiro atoms. The van der Waals surface area contributed by atoms with Gasteiger partial charge in [-0.25, -0.2) is 8.78 Å². The molecule has 1 heterocycles. The highest BCUT2D eigenvalue weighted by molar-refractivity contribution is 8.01. The predicted molar refractivity (Wildman–Crippen MR) is 78.7 cm³/mol. The van der Waals surface area contributed by atoms with Crippen molar-refractivity contribution in [2.75, 3.05) is 20.3 Å². The lowest BCUT2D eigenvalue weighted by Gasteiger charge is -2.08. The quantitative estimate of drug-likeness (QED) is 0.790. The zero-order valence-corrected chi connectivity index (χ0v) is 13.3. The number of nitrogens with zero attached hydrogens (tertiary/aromatic N) is 2. The van der Waals surface area contributed by atoms with Gasteiger partial charge >= 0.3 is 0 Å². The minimum atomic E-state index is -0.587. The number of aromatic nitrogens is 2. The van der Waals surface area contributed by atoms with E-state index in [9.17, 15) is 8.78 Å². The Morgan fingerprint density at radius 1 is 1.29 bits per heavy atom. The second-order valence-corrected chi connectivity index (χ2v) is 6.69. The molecular formula is C13H15F2N3OS2. The molecular weight excluding hydrogens is 316 g/mol. The first kappa shape index (κ1) is 16.3. The van der Waals surface area contributed by atoms with E-state index in [1.165, 1.54) is 23.5 Å². The van der Waals surface area contributed by atoms with E-state index in [1.807, 2.05) is 0 Å². The van der Waals surface area contributed by atoms with Crippen molar-refractivity contribution in [2.24, 2.45) is 0 Å². The van der Waals surface area contributed by atoms with Gasteiger partial charge in [-0.2, -0.15) is 0 Å². The summed E-state index contributed by atoms with van der Waals surface area (Å²) in [6.45, 7) is 3.36. The maximum absolute atomic E-state index is 14.0. The molecule has 0 atom stereocenters. The number of ether oxygens (including phenoxy) is 1. The van der Waals surface area contributed by atoms with E-state index >= 15 is 0 Å². The second-order valence-electron chi connectivity index (χ2n) is 4.25. The van der Waals surface area contributed by atoms with Gasteiger partial charge in [-0.3, -0.25) is 0 Å². The predicted octanol–water partition coefficient (Wildman–Crippen LogP) is 3.01. The lowest BCUT2D eigenvalue weighted by atomic mass is 10.2.